The third-order valence-electron chi connectivity index (χ3n) is 3.73. The number of rotatable bonds is 7. The van der Waals surface area contributed by atoms with E-state index >= 15 is 0 Å². The van der Waals surface area contributed by atoms with Crippen LogP contribution in [0, 0.1) is 11.6 Å². The maximum atomic E-state index is 13.5. The van der Waals surface area contributed by atoms with Gasteiger partial charge in [-0.15, -0.1) is 0 Å². The Bertz CT molecular complexity index is 1080. The number of carbonyl (C=O) groups excluding carboxylic acids is 1. The molecule has 0 aliphatic rings. The molecule has 3 aromatic rings. The zero-order valence-corrected chi connectivity index (χ0v) is 14.8. The molecule has 10 heteroatoms. The summed E-state index contributed by atoms with van der Waals surface area (Å²) in [7, 11) is -3.69. The first-order chi connectivity index (χ1) is 12.8. The van der Waals surface area contributed by atoms with Crippen LogP contribution in [0.3, 0.4) is 0 Å². The van der Waals surface area contributed by atoms with Gasteiger partial charge in [0, 0.05) is 25.0 Å². The van der Waals surface area contributed by atoms with Crippen LogP contribution in [0.1, 0.15) is 5.56 Å². The number of hydrogen-bond donors (Lipinski definition) is 2. The Morgan fingerprint density at radius 1 is 1.15 bits per heavy atom. The predicted molar refractivity (Wildman–Crippen MR) is 95.7 cm³/mol. The van der Waals surface area contributed by atoms with E-state index in [0.29, 0.717) is 11.8 Å². The first-order valence-electron chi connectivity index (χ1n) is 7.97. The number of halogens is 2. The maximum absolute atomic E-state index is 13.5. The smallest absolute Gasteiger partial charge is 0.234 e. The number of anilines is 1. The van der Waals surface area contributed by atoms with Crippen molar-refractivity contribution in [2.45, 2.75) is 6.42 Å². The molecule has 0 aliphatic carbocycles. The molecule has 3 rings (SSSR count). The van der Waals surface area contributed by atoms with Crippen molar-refractivity contribution in [2.24, 2.45) is 0 Å². The van der Waals surface area contributed by atoms with Gasteiger partial charge >= 0.3 is 0 Å². The van der Waals surface area contributed by atoms with Crippen LogP contribution < -0.4 is 10.0 Å². The molecule has 142 valence electrons. The molecule has 0 spiro atoms. The van der Waals surface area contributed by atoms with Crippen LogP contribution >= 0.6 is 0 Å². The lowest BCUT2D eigenvalue weighted by Gasteiger charge is -2.09. The first-order valence-corrected chi connectivity index (χ1v) is 9.62. The number of carbonyl (C=O) groups is 1. The molecule has 0 fully saturated rings. The summed E-state index contributed by atoms with van der Waals surface area (Å²) in [5.74, 6) is -2.47. The van der Waals surface area contributed by atoms with E-state index in [9.17, 15) is 22.0 Å². The van der Waals surface area contributed by atoms with Gasteiger partial charge in [0.15, 0.2) is 0 Å². The van der Waals surface area contributed by atoms with E-state index in [4.69, 9.17) is 0 Å². The maximum Gasteiger partial charge on any atom is 0.234 e. The van der Waals surface area contributed by atoms with Gasteiger partial charge in [0.25, 0.3) is 0 Å². The Morgan fingerprint density at radius 3 is 2.74 bits per heavy atom. The van der Waals surface area contributed by atoms with Gasteiger partial charge in [-0.3, -0.25) is 9.52 Å². The van der Waals surface area contributed by atoms with E-state index in [1.807, 2.05) is 0 Å². The van der Waals surface area contributed by atoms with E-state index in [2.05, 4.69) is 15.1 Å². The first kappa shape index (κ1) is 18.8. The monoisotopic (exact) mass is 394 g/mol. The summed E-state index contributed by atoms with van der Waals surface area (Å²) >= 11 is 0. The Labute approximate surface area is 154 Å². The summed E-state index contributed by atoms with van der Waals surface area (Å²) in [5, 5.41) is 6.42. The third kappa shape index (κ3) is 5.00. The minimum Gasteiger partial charge on any atom is -0.355 e. The fourth-order valence-corrected chi connectivity index (χ4v) is 3.40. The molecular weight excluding hydrogens is 378 g/mol. The second-order valence-electron chi connectivity index (χ2n) is 5.80. The van der Waals surface area contributed by atoms with Gasteiger partial charge < -0.3 is 5.32 Å². The van der Waals surface area contributed by atoms with Crippen molar-refractivity contribution in [1.82, 2.24) is 14.9 Å². The highest BCUT2D eigenvalue weighted by atomic mass is 32.2. The van der Waals surface area contributed by atoms with Gasteiger partial charge in [-0.1, -0.05) is 6.07 Å². The molecule has 2 N–H and O–H groups in total. The summed E-state index contributed by atoms with van der Waals surface area (Å²) in [6.45, 7) is -0.147. The summed E-state index contributed by atoms with van der Waals surface area (Å²) in [5.41, 5.74) is 1.14. The number of pyridine rings is 1. The number of amides is 1. The van der Waals surface area contributed by atoms with E-state index in [1.54, 1.807) is 35.1 Å². The molecule has 0 saturated heterocycles. The lowest BCUT2D eigenvalue weighted by atomic mass is 10.1. The van der Waals surface area contributed by atoms with Crippen molar-refractivity contribution in [3.05, 3.63) is 66.0 Å². The molecule has 0 unspecified atom stereocenters. The van der Waals surface area contributed by atoms with Crippen molar-refractivity contribution in [3.63, 3.8) is 0 Å². The molecular formula is C17H16F2N4O3S. The third-order valence-corrected chi connectivity index (χ3v) is 5.02. The molecule has 1 aromatic carbocycles. The Hall–Kier alpha value is -3.01. The standard InChI is InChI=1S/C17H16F2N4O3S/c18-13-2-1-12(16(19)10-13)9-17(24)20-6-8-27(25,26)22-14-4-7-23-15(11-14)3-5-21-23/h1-5,7,10-11,22H,6,8-9H2,(H,20,24). The lowest BCUT2D eigenvalue weighted by Crippen LogP contribution is -2.32. The number of benzene rings is 1. The molecule has 0 atom stereocenters. The molecule has 0 bridgehead atoms. The average molecular weight is 394 g/mol. The number of nitrogens with one attached hydrogen (secondary N) is 2. The Morgan fingerprint density at radius 2 is 1.96 bits per heavy atom. The average Bonchev–Trinajstić information content (AvgIpc) is 3.04. The van der Waals surface area contributed by atoms with Crippen LogP contribution in [0.25, 0.3) is 5.52 Å². The fraction of sp³-hybridized carbons (Fsp3) is 0.176. The second-order valence-corrected chi connectivity index (χ2v) is 7.64. The number of hydrogen-bond acceptors (Lipinski definition) is 4. The van der Waals surface area contributed by atoms with Crippen LogP contribution in [-0.2, 0) is 21.2 Å². The number of sulfonamides is 1. The number of nitrogens with zero attached hydrogens (tertiary/aromatic N) is 2. The molecule has 0 radical (unpaired) electrons. The molecule has 2 heterocycles. The van der Waals surface area contributed by atoms with Gasteiger partial charge in [-0.25, -0.2) is 21.7 Å². The fourth-order valence-electron chi connectivity index (χ4n) is 2.44. The van der Waals surface area contributed by atoms with Crippen LogP contribution in [-0.4, -0.2) is 36.2 Å². The normalized spacial score (nSPS) is 11.5. The predicted octanol–water partition coefficient (Wildman–Crippen LogP) is 1.71. The molecule has 7 nitrogen and oxygen atoms in total. The quantitative estimate of drug-likeness (QED) is 0.638. The van der Waals surface area contributed by atoms with Crippen LogP contribution in [0.4, 0.5) is 14.5 Å². The van der Waals surface area contributed by atoms with Crippen LogP contribution in [0.2, 0.25) is 0 Å². The molecule has 0 aliphatic heterocycles. The van der Waals surface area contributed by atoms with Gasteiger partial charge in [-0.05, 0) is 29.8 Å². The highest BCUT2D eigenvalue weighted by Gasteiger charge is 2.13. The highest BCUT2D eigenvalue weighted by Crippen LogP contribution is 2.13. The summed E-state index contributed by atoms with van der Waals surface area (Å²) in [6, 6.07) is 7.83. The van der Waals surface area contributed by atoms with Gasteiger partial charge in [0.1, 0.15) is 11.6 Å². The molecule has 0 saturated carbocycles. The SMILES string of the molecule is O=C(Cc1ccc(F)cc1F)NCCS(=O)(=O)Nc1ccn2nccc2c1. The molecule has 27 heavy (non-hydrogen) atoms. The topological polar surface area (TPSA) is 92.6 Å². The summed E-state index contributed by atoms with van der Waals surface area (Å²) < 4.78 is 54.6. The van der Waals surface area contributed by atoms with E-state index in [1.165, 1.54) is 6.07 Å². The van der Waals surface area contributed by atoms with Crippen molar-refractivity contribution in [3.8, 4) is 0 Å². The molecule has 2 aromatic heterocycles. The minimum atomic E-state index is -3.69. The van der Waals surface area contributed by atoms with E-state index < -0.39 is 27.6 Å². The van der Waals surface area contributed by atoms with Crippen molar-refractivity contribution in [2.75, 3.05) is 17.0 Å². The van der Waals surface area contributed by atoms with Gasteiger partial charge in [-0.2, -0.15) is 5.10 Å². The second kappa shape index (κ2) is 7.70. The van der Waals surface area contributed by atoms with Crippen LogP contribution in [0.15, 0.2) is 48.8 Å². The summed E-state index contributed by atoms with van der Waals surface area (Å²) in [6.07, 6.45) is 2.90. The largest absolute Gasteiger partial charge is 0.355 e. The molecule has 1 amide bonds. The van der Waals surface area contributed by atoms with Gasteiger partial charge in [0.05, 0.1) is 23.4 Å². The van der Waals surface area contributed by atoms with E-state index in [-0.39, 0.29) is 24.3 Å². The van der Waals surface area contributed by atoms with Gasteiger partial charge in [0.2, 0.25) is 15.9 Å². The van der Waals surface area contributed by atoms with Crippen molar-refractivity contribution < 1.29 is 22.0 Å². The Kier molecular flexibility index (Phi) is 5.36. The van der Waals surface area contributed by atoms with Crippen molar-refractivity contribution in [1.29, 1.82) is 0 Å². The number of aromatic nitrogens is 2. The van der Waals surface area contributed by atoms with Crippen LogP contribution in [0.5, 0.6) is 0 Å². The minimum absolute atomic E-state index is 0.0315. The summed E-state index contributed by atoms with van der Waals surface area (Å²) in [4.78, 5) is 11.8. The van der Waals surface area contributed by atoms with Crippen molar-refractivity contribution >= 4 is 27.1 Å². The highest BCUT2D eigenvalue weighted by molar-refractivity contribution is 7.92. The lowest BCUT2D eigenvalue weighted by molar-refractivity contribution is -0.120. The zero-order chi connectivity index (χ0) is 19.4. The van der Waals surface area contributed by atoms with E-state index in [0.717, 1.165) is 11.6 Å². The zero-order valence-electron chi connectivity index (χ0n) is 14.0. The Balaban J connectivity index is 1.51. The number of fused-ring (bicyclic) bond motifs is 1.